The number of rotatable bonds is 14. The minimum atomic E-state index is -4.91. The number of benzene rings is 3. The van der Waals surface area contributed by atoms with Crippen LogP contribution in [0.3, 0.4) is 0 Å². The summed E-state index contributed by atoms with van der Waals surface area (Å²) >= 11 is 0. The zero-order chi connectivity index (χ0) is 70.9. The Bertz CT molecular complexity index is 3740. The maximum Gasteiger partial charge on any atom is 0.418 e. The van der Waals surface area contributed by atoms with Crippen LogP contribution >= 0.6 is 0 Å². The molecule has 0 amide bonds. The molecule has 32 heteroatoms. The number of carbonyl (C=O) groups excluding carboxylic acids is 4. The Morgan fingerprint density at radius 2 is 0.842 bits per heavy atom. The first-order valence-corrected chi connectivity index (χ1v) is 36.1. The molecular weight excluding hydrogens is 1330 g/mol. The largest absolute Gasteiger partial charge is 0.471 e. The van der Waals surface area contributed by atoms with Crippen molar-refractivity contribution in [3.63, 3.8) is 0 Å². The van der Waals surface area contributed by atoms with E-state index >= 15 is 0 Å². The van der Waals surface area contributed by atoms with E-state index in [0.717, 1.165) is 30.3 Å². The van der Waals surface area contributed by atoms with E-state index in [2.05, 4.69) is 15.0 Å². The van der Waals surface area contributed by atoms with E-state index in [1.54, 1.807) is 40.4 Å². The number of pyridine rings is 3. The molecule has 15 nitrogen and oxygen atoms in total. The summed E-state index contributed by atoms with van der Waals surface area (Å²) in [5.74, 6) is -11.7. The van der Waals surface area contributed by atoms with Crippen molar-refractivity contribution in [2.75, 3.05) is 19.8 Å². The number of fused-ring (bicyclic) bond motifs is 3. The highest BCUT2D eigenvalue weighted by Crippen LogP contribution is 2.43. The van der Waals surface area contributed by atoms with Gasteiger partial charge in [0.05, 0.1) is 19.8 Å². The third-order valence-corrected chi connectivity index (χ3v) is 16.7. The molecule has 9 rings (SSSR count). The van der Waals surface area contributed by atoms with Crippen molar-refractivity contribution >= 4 is 40.6 Å². The van der Waals surface area contributed by atoms with E-state index in [0.29, 0.717) is 48.0 Å². The molecule has 0 spiro atoms. The van der Waals surface area contributed by atoms with E-state index in [-0.39, 0.29) is 114 Å². The second-order valence-corrected chi connectivity index (χ2v) is 32.7. The van der Waals surface area contributed by atoms with Gasteiger partial charge in [-0.25, -0.2) is 55.7 Å². The van der Waals surface area contributed by atoms with Crippen molar-refractivity contribution in [3.05, 3.63) is 141 Å². The van der Waals surface area contributed by atoms with Gasteiger partial charge in [-0.3, -0.25) is 4.79 Å². The predicted octanol–water partition coefficient (Wildman–Crippen LogP) is 15.0. The summed E-state index contributed by atoms with van der Waals surface area (Å²) in [6, 6.07) is 12.8. The van der Waals surface area contributed by atoms with Gasteiger partial charge >= 0.3 is 36.1 Å². The first kappa shape index (κ1) is 75.9. The lowest BCUT2D eigenvalue weighted by Crippen LogP contribution is -2.51. The maximum absolute atomic E-state index is 14.6. The van der Waals surface area contributed by atoms with Crippen molar-refractivity contribution in [1.29, 1.82) is 0 Å². The standard InChI is InChI=1S/C22H24F5NO4Si.C19H16F5NO4.C18H15F2NO4.C4H9F3Si/c1-5-30-21(29)17-11-15(13-7-6-12(23)10-16(13)24)14-8-9-18(31-20(14)28-17)19(22(25,26)27)32-33(2,3)4;1-2-28-18(27)14-8-12(10-4-3-9(20)7-13(10)21)11-5-6-15(29-17(11)25-14)16(26)19(22,23)24;1-2-24-18(23)16-8-14(12-5-3-10(19)7-15(12)20)13-6-4-11(9-22)25-17(13)21-16;1-8(2,3)4(5,6)7/h6-7,10-11,18-19H,5,8-9H2,1-4H3;3-4,7-8,15-16,26H,2,5-6H2,1H3;3,5,7-9,11H,2,4,6H2,1H3;1-3H3. The van der Waals surface area contributed by atoms with E-state index < -0.39 is 118 Å². The summed E-state index contributed by atoms with van der Waals surface area (Å²) in [7, 11) is -5.46. The van der Waals surface area contributed by atoms with Gasteiger partial charge in [0.25, 0.3) is 0 Å². The number of carbonyl (C=O) groups is 4. The van der Waals surface area contributed by atoms with Crippen LogP contribution in [-0.2, 0) is 42.7 Å². The number of alkyl halides is 9. The van der Waals surface area contributed by atoms with Crippen LogP contribution in [-0.4, -0.2) is 129 Å². The molecule has 0 bridgehead atoms. The van der Waals surface area contributed by atoms with Crippen molar-refractivity contribution in [2.24, 2.45) is 0 Å². The second-order valence-electron chi connectivity index (χ2n) is 23.2. The first-order valence-electron chi connectivity index (χ1n) is 29.2. The quantitative estimate of drug-likeness (QED) is 0.0356. The van der Waals surface area contributed by atoms with Crippen molar-refractivity contribution in [3.8, 4) is 51.0 Å². The van der Waals surface area contributed by atoms with Gasteiger partial charge in [-0.15, -0.1) is 0 Å². The Morgan fingerprint density at radius 3 is 1.14 bits per heavy atom. The monoisotopic (exact) mass is 1400 g/mol. The molecule has 0 saturated heterocycles. The highest BCUT2D eigenvalue weighted by molar-refractivity contribution is 6.78. The Hall–Kier alpha value is -8.11. The molecule has 3 aliphatic heterocycles. The fourth-order valence-corrected chi connectivity index (χ4v) is 10.4. The summed E-state index contributed by atoms with van der Waals surface area (Å²) in [6.07, 6.45) is -17.0. The number of halogens is 15. The summed E-state index contributed by atoms with van der Waals surface area (Å²) in [5.41, 5.74) is 1.17. The molecule has 5 atom stereocenters. The molecule has 3 aromatic carbocycles. The SMILES string of the molecule is CCOC(=O)c1cc(-c2ccc(F)cc2F)c2c(n1)OC(C(O)C(F)(F)F)CC2.CCOC(=O)c1cc(-c2ccc(F)cc2F)c2c(n1)OC(C(O[Si](C)(C)C)C(F)(F)F)CC2.CCOC(=O)c1cc(-c2ccc(F)cc2F)c2c(n1)OC(C=O)CC2.C[Si](C)(C)C(F)(F)F. The molecule has 0 saturated carbocycles. The average molecular weight is 1400 g/mol. The summed E-state index contributed by atoms with van der Waals surface area (Å²) in [5, 5.41) is 9.49. The number of aromatic nitrogens is 3. The molecular formula is C63H64F15N3O12Si2. The third kappa shape index (κ3) is 19.8. The van der Waals surface area contributed by atoms with Crippen LogP contribution in [0.15, 0.2) is 72.8 Å². The van der Waals surface area contributed by atoms with Crippen LogP contribution in [0.2, 0.25) is 39.3 Å². The number of aliphatic hydroxyl groups excluding tert-OH is 1. The van der Waals surface area contributed by atoms with Gasteiger partial charge < -0.3 is 38.0 Å². The van der Waals surface area contributed by atoms with Crippen molar-refractivity contribution in [1.82, 2.24) is 15.0 Å². The van der Waals surface area contributed by atoms with Gasteiger partial charge in [0.2, 0.25) is 17.6 Å². The average Bonchev–Trinajstić information content (AvgIpc) is 0.782. The number of aliphatic hydroxyl groups is 1. The van der Waals surface area contributed by atoms with E-state index in [1.165, 1.54) is 50.0 Å². The van der Waals surface area contributed by atoms with Crippen LogP contribution in [0.25, 0.3) is 33.4 Å². The number of hydrogen-bond acceptors (Lipinski definition) is 15. The Morgan fingerprint density at radius 1 is 0.516 bits per heavy atom. The van der Waals surface area contributed by atoms with Gasteiger partial charge in [-0.05, 0) is 150 Å². The van der Waals surface area contributed by atoms with Gasteiger partial charge in [-0.1, -0.05) is 19.6 Å². The molecule has 1 N–H and O–H groups in total. The smallest absolute Gasteiger partial charge is 0.418 e. The Kier molecular flexibility index (Phi) is 24.9. The van der Waals surface area contributed by atoms with E-state index in [4.69, 9.17) is 32.8 Å². The minimum Gasteiger partial charge on any atom is -0.471 e. The van der Waals surface area contributed by atoms with Crippen molar-refractivity contribution in [2.45, 2.75) is 147 Å². The molecule has 6 heterocycles. The Balaban J connectivity index is 0.000000214. The van der Waals surface area contributed by atoms with E-state index in [9.17, 15) is 90.1 Å². The predicted molar refractivity (Wildman–Crippen MR) is 317 cm³/mol. The van der Waals surface area contributed by atoms with Crippen LogP contribution < -0.4 is 14.2 Å². The van der Waals surface area contributed by atoms with Crippen LogP contribution in [0, 0.1) is 34.9 Å². The molecule has 3 aromatic heterocycles. The molecule has 0 radical (unpaired) electrons. The summed E-state index contributed by atoms with van der Waals surface area (Å²) in [4.78, 5) is 59.5. The van der Waals surface area contributed by atoms with Crippen LogP contribution in [0.5, 0.6) is 17.6 Å². The lowest BCUT2D eigenvalue weighted by Gasteiger charge is -2.36. The number of hydrogen-bond donors (Lipinski definition) is 1. The Labute approximate surface area is 536 Å². The third-order valence-electron chi connectivity index (χ3n) is 14.0. The van der Waals surface area contributed by atoms with Crippen molar-refractivity contribution < 1.29 is 123 Å². The van der Waals surface area contributed by atoms with Crippen LogP contribution in [0.4, 0.5) is 65.9 Å². The molecule has 95 heavy (non-hydrogen) atoms. The van der Waals surface area contributed by atoms with Crippen LogP contribution in [0.1, 0.15) is 88.2 Å². The van der Waals surface area contributed by atoms with E-state index in [1.807, 2.05) is 0 Å². The number of nitrogens with zero attached hydrogens (tertiary/aromatic N) is 3. The number of ether oxygens (including phenoxy) is 6. The molecule has 516 valence electrons. The fraction of sp³-hybridized carbons (Fsp3) is 0.413. The highest BCUT2D eigenvalue weighted by atomic mass is 28.4. The summed E-state index contributed by atoms with van der Waals surface area (Å²) in [6.45, 7) is 13.7. The zero-order valence-corrected chi connectivity index (χ0v) is 54.2. The zero-order valence-electron chi connectivity index (χ0n) is 52.2. The lowest BCUT2D eigenvalue weighted by molar-refractivity contribution is -0.228. The summed E-state index contributed by atoms with van der Waals surface area (Å²) < 4.78 is 234. The maximum atomic E-state index is 14.6. The number of esters is 3. The minimum absolute atomic E-state index is 0.00805. The van der Waals surface area contributed by atoms with Gasteiger partial charge in [-0.2, -0.15) is 39.5 Å². The highest BCUT2D eigenvalue weighted by Gasteiger charge is 2.51. The molecule has 5 unspecified atom stereocenters. The number of aldehydes is 1. The molecule has 3 aliphatic rings. The van der Waals surface area contributed by atoms with Gasteiger partial charge in [0, 0.05) is 51.6 Å². The van der Waals surface area contributed by atoms with Gasteiger partial charge in [0.1, 0.15) is 47.1 Å². The normalized spacial score (nSPS) is 16.6. The fourth-order valence-electron chi connectivity index (χ4n) is 9.38. The topological polar surface area (TPSA) is 192 Å². The lowest BCUT2D eigenvalue weighted by atomic mass is 9.92. The molecule has 0 fully saturated rings. The molecule has 6 aromatic rings. The van der Waals surface area contributed by atoms with Gasteiger partial charge in [0.15, 0.2) is 58.1 Å². The first-order chi connectivity index (χ1) is 44.2. The second kappa shape index (κ2) is 31.2. The molecule has 0 aliphatic carbocycles.